The molecule has 0 bridgehead atoms. The summed E-state index contributed by atoms with van der Waals surface area (Å²) in [4.78, 5) is 31.4. The number of rotatable bonds is 6. The summed E-state index contributed by atoms with van der Waals surface area (Å²) in [6.45, 7) is 5.81. The Balaban J connectivity index is 1.57. The Hall–Kier alpha value is -5.59. The second kappa shape index (κ2) is 12.0. The van der Waals surface area contributed by atoms with Crippen molar-refractivity contribution >= 4 is 28.1 Å². The summed E-state index contributed by atoms with van der Waals surface area (Å²) >= 11 is 0. The Kier molecular flexibility index (Phi) is 7.75. The number of nitrogens with zero attached hydrogens (tertiary/aromatic N) is 5. The van der Waals surface area contributed by atoms with Crippen LogP contribution in [0, 0.1) is 25.7 Å². The molecule has 1 aromatic carbocycles. The second-order valence-electron chi connectivity index (χ2n) is 10.5. The summed E-state index contributed by atoms with van der Waals surface area (Å²) in [6, 6.07) is 19.2. The number of hydrogen-bond acceptors (Lipinski definition) is 7. The highest BCUT2D eigenvalue weighted by molar-refractivity contribution is 5.94. The number of benzene rings is 1. The van der Waals surface area contributed by atoms with E-state index in [4.69, 9.17) is 14.7 Å². The smallest absolute Gasteiger partial charge is 0.242 e. The monoisotopic (exact) mass is 581 g/mol. The molecule has 44 heavy (non-hydrogen) atoms. The maximum Gasteiger partial charge on any atom is 0.242 e. The number of aromatic nitrogens is 5. The lowest BCUT2D eigenvalue weighted by atomic mass is 10.0. The van der Waals surface area contributed by atoms with Gasteiger partial charge in [-0.15, -0.1) is 0 Å². The van der Waals surface area contributed by atoms with E-state index in [2.05, 4.69) is 32.4 Å². The van der Waals surface area contributed by atoms with Gasteiger partial charge in [-0.1, -0.05) is 12.0 Å². The molecule has 0 saturated heterocycles. The van der Waals surface area contributed by atoms with Gasteiger partial charge < -0.3 is 15.4 Å². The number of anilines is 1. The first kappa shape index (κ1) is 28.5. The molecular weight excluding hydrogens is 550 g/mol. The molecule has 0 aliphatic carbocycles. The van der Waals surface area contributed by atoms with Crippen LogP contribution in [-0.2, 0) is 4.79 Å². The Morgan fingerprint density at radius 3 is 2.64 bits per heavy atom. The Labute approximate surface area is 255 Å². The van der Waals surface area contributed by atoms with Crippen LogP contribution in [0.4, 0.5) is 5.82 Å². The molecule has 1 atom stereocenters. The molecule has 0 radical (unpaired) electrons. The Morgan fingerprint density at radius 2 is 1.82 bits per heavy atom. The zero-order valence-corrected chi connectivity index (χ0v) is 25.1. The van der Waals surface area contributed by atoms with E-state index in [0.717, 1.165) is 50.1 Å². The molecule has 0 aliphatic rings. The van der Waals surface area contributed by atoms with Crippen LogP contribution in [0.25, 0.3) is 38.9 Å². The van der Waals surface area contributed by atoms with Gasteiger partial charge in [0.25, 0.3) is 0 Å². The van der Waals surface area contributed by atoms with Crippen LogP contribution in [0.2, 0.25) is 0 Å². The van der Waals surface area contributed by atoms with Crippen LogP contribution in [-0.4, -0.2) is 50.4 Å². The molecule has 2 N–H and O–H groups in total. The van der Waals surface area contributed by atoms with Crippen molar-refractivity contribution in [3.05, 3.63) is 102 Å². The Bertz CT molecular complexity index is 2110. The fraction of sp³-hybridized carbons (Fsp3) is 0.171. The van der Waals surface area contributed by atoms with Gasteiger partial charge in [0.15, 0.2) is 0 Å². The van der Waals surface area contributed by atoms with Crippen molar-refractivity contribution in [3.8, 4) is 40.2 Å². The zero-order chi connectivity index (χ0) is 30.8. The average molecular weight is 582 g/mol. The van der Waals surface area contributed by atoms with Crippen molar-refractivity contribution < 1.29 is 9.53 Å². The summed E-state index contributed by atoms with van der Waals surface area (Å²) in [5, 5.41) is 8.00. The molecule has 6 rings (SSSR count). The quantitative estimate of drug-likeness (QED) is 0.248. The minimum Gasteiger partial charge on any atom is -0.481 e. The number of carbonyl (C=O) groups excluding carboxylic acids is 1. The predicted molar refractivity (Wildman–Crippen MR) is 173 cm³/mol. The molecule has 5 aromatic heterocycles. The molecule has 1 unspecified atom stereocenters. The van der Waals surface area contributed by atoms with Crippen molar-refractivity contribution in [2.24, 2.45) is 0 Å². The number of pyridine rings is 4. The molecule has 9 nitrogen and oxygen atoms in total. The van der Waals surface area contributed by atoms with Crippen LogP contribution >= 0.6 is 0 Å². The topological polar surface area (TPSA) is 106 Å². The van der Waals surface area contributed by atoms with Crippen LogP contribution in [0.3, 0.4) is 0 Å². The summed E-state index contributed by atoms with van der Waals surface area (Å²) in [7, 11) is 3.33. The van der Waals surface area contributed by atoms with E-state index in [-0.39, 0.29) is 5.91 Å². The lowest BCUT2D eigenvalue weighted by Gasteiger charge is -2.13. The van der Waals surface area contributed by atoms with E-state index < -0.39 is 6.04 Å². The maximum atomic E-state index is 12.7. The fourth-order valence-electron chi connectivity index (χ4n) is 5.04. The first-order valence-electron chi connectivity index (χ1n) is 14.2. The van der Waals surface area contributed by atoms with E-state index in [1.807, 2.05) is 79.0 Å². The normalized spacial score (nSPS) is 11.7. The molecule has 0 fully saturated rings. The van der Waals surface area contributed by atoms with Crippen molar-refractivity contribution in [1.29, 1.82) is 0 Å². The molecule has 0 spiro atoms. The lowest BCUT2D eigenvalue weighted by Crippen LogP contribution is -2.35. The summed E-state index contributed by atoms with van der Waals surface area (Å²) < 4.78 is 7.64. The van der Waals surface area contributed by atoms with E-state index in [1.54, 1.807) is 39.5 Å². The maximum absolute atomic E-state index is 12.7. The third-order valence-corrected chi connectivity index (χ3v) is 7.52. The number of methoxy groups -OCH3 is 1. The van der Waals surface area contributed by atoms with Crippen LogP contribution in [0.15, 0.2) is 79.3 Å². The van der Waals surface area contributed by atoms with Gasteiger partial charge in [0.05, 0.1) is 24.4 Å². The van der Waals surface area contributed by atoms with Crippen LogP contribution in [0.5, 0.6) is 5.88 Å². The SMILES string of the molecule is CNC(C)C(=O)Nc1ccc(-c2c(-c3cccnc3OC)nc3cc(C)ccn23)c(C#Cc2ccc3c(C)nccc3c2)n1. The van der Waals surface area contributed by atoms with Crippen LogP contribution in [0.1, 0.15) is 29.4 Å². The highest BCUT2D eigenvalue weighted by atomic mass is 16.5. The highest BCUT2D eigenvalue weighted by Gasteiger charge is 2.22. The number of carbonyl (C=O) groups is 1. The first-order valence-corrected chi connectivity index (χ1v) is 14.2. The lowest BCUT2D eigenvalue weighted by molar-refractivity contribution is -0.117. The molecular formula is C35H31N7O2. The largest absolute Gasteiger partial charge is 0.481 e. The molecule has 1 amide bonds. The molecule has 5 heterocycles. The van der Waals surface area contributed by atoms with E-state index in [1.165, 1.54) is 0 Å². The van der Waals surface area contributed by atoms with E-state index >= 15 is 0 Å². The summed E-state index contributed by atoms with van der Waals surface area (Å²) in [5.74, 6) is 7.27. The van der Waals surface area contributed by atoms with Crippen molar-refractivity contribution in [1.82, 2.24) is 29.7 Å². The molecule has 0 aliphatic heterocycles. The number of amides is 1. The van der Waals surface area contributed by atoms with Gasteiger partial charge in [0.1, 0.15) is 22.9 Å². The van der Waals surface area contributed by atoms with Gasteiger partial charge in [-0.25, -0.2) is 15.0 Å². The zero-order valence-electron chi connectivity index (χ0n) is 25.1. The van der Waals surface area contributed by atoms with Gasteiger partial charge >= 0.3 is 0 Å². The molecule has 6 aromatic rings. The number of aryl methyl sites for hydroxylation is 2. The van der Waals surface area contributed by atoms with E-state index in [9.17, 15) is 4.79 Å². The van der Waals surface area contributed by atoms with Gasteiger partial charge in [0.2, 0.25) is 11.8 Å². The second-order valence-corrected chi connectivity index (χ2v) is 10.5. The minimum absolute atomic E-state index is 0.198. The third kappa shape index (κ3) is 5.46. The van der Waals surface area contributed by atoms with Crippen molar-refractivity contribution in [3.63, 3.8) is 0 Å². The Morgan fingerprint density at radius 1 is 0.955 bits per heavy atom. The van der Waals surface area contributed by atoms with Crippen molar-refractivity contribution in [2.45, 2.75) is 26.8 Å². The van der Waals surface area contributed by atoms with Gasteiger partial charge in [0, 0.05) is 40.8 Å². The summed E-state index contributed by atoms with van der Waals surface area (Å²) in [6.07, 6.45) is 5.47. The van der Waals surface area contributed by atoms with E-state index in [0.29, 0.717) is 23.1 Å². The molecule has 0 saturated carbocycles. The number of likely N-dealkylation sites (N-methyl/N-ethyl adjacent to an activating group) is 1. The average Bonchev–Trinajstić information content (AvgIpc) is 3.41. The van der Waals surface area contributed by atoms with Crippen LogP contribution < -0.4 is 15.4 Å². The van der Waals surface area contributed by atoms with Crippen molar-refractivity contribution in [2.75, 3.05) is 19.5 Å². The number of nitrogens with one attached hydrogen (secondary N) is 2. The fourth-order valence-corrected chi connectivity index (χ4v) is 5.04. The highest BCUT2D eigenvalue weighted by Crippen LogP contribution is 2.38. The summed E-state index contributed by atoms with van der Waals surface area (Å²) in [5.41, 5.74) is 7.07. The number of fused-ring (bicyclic) bond motifs is 2. The number of ether oxygens (including phenoxy) is 1. The minimum atomic E-state index is -0.395. The van der Waals surface area contributed by atoms with Gasteiger partial charge in [-0.3, -0.25) is 14.2 Å². The third-order valence-electron chi connectivity index (χ3n) is 7.52. The van der Waals surface area contributed by atoms with Gasteiger partial charge in [-0.05, 0) is 99.3 Å². The first-order chi connectivity index (χ1) is 21.4. The van der Waals surface area contributed by atoms with Gasteiger partial charge in [-0.2, -0.15) is 0 Å². The standard InChI is InChI=1S/C35H31N7O2/c1-21-15-18-42-31(19-21)41-32(28-7-6-16-38-35(28)44-5)33(42)27-11-13-30(40-34(43)23(3)36-4)39-29(27)12-9-24-8-10-26-22(2)37-17-14-25(26)20-24/h6-8,10-11,13-20,23,36H,1-5H3,(H,39,40,43). The molecule has 218 valence electrons. The number of imidazole rings is 1. The molecule has 9 heteroatoms. The predicted octanol–water partition coefficient (Wildman–Crippen LogP) is 5.58. The number of hydrogen-bond donors (Lipinski definition) is 2.